The molecule has 5 rings (SSSR count). The van der Waals surface area contributed by atoms with Crippen molar-refractivity contribution in [3.05, 3.63) is 53.2 Å². The summed E-state index contributed by atoms with van der Waals surface area (Å²) in [6.45, 7) is 3.17. The van der Waals surface area contributed by atoms with Gasteiger partial charge in [-0.05, 0) is 46.9 Å². The van der Waals surface area contributed by atoms with Crippen LogP contribution in [0, 0.1) is 10.6 Å². The molecule has 1 N–H and O–H groups in total. The van der Waals surface area contributed by atoms with E-state index in [2.05, 4.69) is 19.1 Å². The highest BCUT2D eigenvalue weighted by molar-refractivity contribution is 8.17. The van der Waals surface area contributed by atoms with E-state index in [1.165, 1.54) is 22.1 Å². The zero-order valence-electron chi connectivity index (χ0n) is 14.5. The first-order valence-electron chi connectivity index (χ1n) is 8.42. The summed E-state index contributed by atoms with van der Waals surface area (Å²) in [6.07, 6.45) is 0.857. The molecule has 0 aliphatic carbocycles. The van der Waals surface area contributed by atoms with E-state index in [4.69, 9.17) is 9.47 Å². The number of methoxy groups -OCH3 is 1. The molecule has 2 bridgehead atoms. The third kappa shape index (κ3) is 3.19. The van der Waals surface area contributed by atoms with Gasteiger partial charge in [-0.25, -0.2) is 0 Å². The minimum Gasteiger partial charge on any atom is -0.761 e. The molecular formula is C20H22NO3S-. The van der Waals surface area contributed by atoms with Crippen LogP contribution in [-0.2, 0) is 11.2 Å². The van der Waals surface area contributed by atoms with Gasteiger partial charge in [0.2, 0.25) is 0 Å². The second-order valence-electron chi connectivity index (χ2n) is 7.15. The van der Waals surface area contributed by atoms with Gasteiger partial charge in [0.25, 0.3) is 0 Å². The quantitative estimate of drug-likeness (QED) is 0.642. The van der Waals surface area contributed by atoms with Gasteiger partial charge >= 0.3 is 0 Å². The average Bonchev–Trinajstić information content (AvgIpc) is 2.62. The highest BCUT2D eigenvalue weighted by Crippen LogP contribution is 2.48. The minimum atomic E-state index is 0.324. The fourth-order valence-corrected chi connectivity index (χ4v) is 6.23. The maximum Gasteiger partial charge on any atom is 0.126 e. The van der Waals surface area contributed by atoms with Gasteiger partial charge < -0.3 is 20.2 Å². The lowest BCUT2D eigenvalue weighted by atomic mass is 9.96. The lowest BCUT2D eigenvalue weighted by Gasteiger charge is -2.47. The van der Waals surface area contributed by atoms with Crippen molar-refractivity contribution in [2.75, 3.05) is 30.7 Å². The zero-order chi connectivity index (χ0) is 17.4. The Balaban J connectivity index is 1.66. The number of benzene rings is 2. The van der Waals surface area contributed by atoms with Crippen LogP contribution < -0.4 is 10.2 Å². The van der Waals surface area contributed by atoms with E-state index in [-0.39, 0.29) is 0 Å². The monoisotopic (exact) mass is 356 g/mol. The number of ether oxygens (including phenoxy) is 2. The molecule has 0 unspecified atom stereocenters. The van der Waals surface area contributed by atoms with E-state index in [0.717, 1.165) is 29.9 Å². The third-order valence-electron chi connectivity index (χ3n) is 4.85. The predicted molar refractivity (Wildman–Crippen MR) is 106 cm³/mol. The van der Waals surface area contributed by atoms with Crippen LogP contribution in [0.4, 0.5) is 5.69 Å². The van der Waals surface area contributed by atoms with Crippen molar-refractivity contribution >= 4 is 21.2 Å². The summed E-state index contributed by atoms with van der Waals surface area (Å²) < 4.78 is 11.6. The van der Waals surface area contributed by atoms with E-state index in [1.54, 1.807) is 13.2 Å². The van der Waals surface area contributed by atoms with Gasteiger partial charge in [0, 0.05) is 23.1 Å². The van der Waals surface area contributed by atoms with Crippen LogP contribution in [0.25, 0.3) is 11.1 Å². The number of fused-ring (bicyclic) bond motifs is 2. The first kappa shape index (κ1) is 16.6. The molecule has 132 valence electrons. The molecule has 5 heteroatoms. The summed E-state index contributed by atoms with van der Waals surface area (Å²) in [4.78, 5) is 0. The standard InChI is InChI=1S/C20H22NO3S/c1-20-11-24-19(25(12-20)13-20)9-14-6-7-18(23-2)17(8-14)15-4-3-5-16(10-15)21-22/h3-8,10,21H,9,11-13H2,1-2H3/q-1. The van der Waals surface area contributed by atoms with Crippen LogP contribution in [0.3, 0.4) is 0 Å². The first-order valence-corrected chi connectivity index (χ1v) is 9.98. The summed E-state index contributed by atoms with van der Waals surface area (Å²) in [6, 6.07) is 13.7. The zero-order valence-corrected chi connectivity index (χ0v) is 15.3. The Kier molecular flexibility index (Phi) is 4.31. The molecule has 0 amide bonds. The van der Waals surface area contributed by atoms with Crippen molar-refractivity contribution in [2.24, 2.45) is 5.41 Å². The highest BCUT2D eigenvalue weighted by Gasteiger charge is 2.41. The molecule has 4 nitrogen and oxygen atoms in total. The number of hydrogen-bond acceptors (Lipinski definition) is 4. The first-order chi connectivity index (χ1) is 12.1. The summed E-state index contributed by atoms with van der Waals surface area (Å²) >= 11 is 0. The van der Waals surface area contributed by atoms with Crippen LogP contribution in [-0.4, -0.2) is 30.3 Å². The van der Waals surface area contributed by atoms with E-state index < -0.39 is 0 Å². The van der Waals surface area contributed by atoms with Gasteiger partial charge in [-0.1, -0.05) is 25.1 Å². The molecule has 1 fully saturated rings. The minimum absolute atomic E-state index is 0.324. The maximum atomic E-state index is 11.0. The number of nitrogens with one attached hydrogen (secondary N) is 1. The number of hydrogen-bond donors (Lipinski definition) is 1. The van der Waals surface area contributed by atoms with E-state index in [9.17, 15) is 5.21 Å². The molecule has 0 spiro atoms. The highest BCUT2D eigenvalue weighted by atomic mass is 32.2. The normalized spacial score (nSPS) is 24.6. The van der Waals surface area contributed by atoms with Crippen LogP contribution in [0.5, 0.6) is 5.75 Å². The second kappa shape index (κ2) is 6.48. The molecular weight excluding hydrogens is 334 g/mol. The summed E-state index contributed by atoms with van der Waals surface area (Å²) in [7, 11) is 1.99. The Morgan fingerprint density at radius 2 is 2.08 bits per heavy atom. The molecule has 0 aromatic heterocycles. The molecule has 2 aromatic rings. The molecule has 25 heavy (non-hydrogen) atoms. The lowest BCUT2D eigenvalue weighted by Crippen LogP contribution is -2.46. The Bertz CT molecular complexity index is 839. The van der Waals surface area contributed by atoms with Gasteiger partial charge in [0.1, 0.15) is 5.75 Å². The Labute approximate surface area is 150 Å². The van der Waals surface area contributed by atoms with Crippen LogP contribution in [0.15, 0.2) is 42.5 Å². The van der Waals surface area contributed by atoms with Crippen LogP contribution in [0.1, 0.15) is 12.5 Å². The number of anilines is 1. The molecule has 3 aliphatic rings. The predicted octanol–water partition coefficient (Wildman–Crippen LogP) is 4.26. The topological polar surface area (TPSA) is 53.5 Å². The van der Waals surface area contributed by atoms with Crippen LogP contribution in [0.2, 0.25) is 0 Å². The van der Waals surface area contributed by atoms with E-state index >= 15 is 0 Å². The molecule has 1 saturated heterocycles. The van der Waals surface area contributed by atoms with Crippen molar-refractivity contribution in [1.29, 1.82) is 0 Å². The molecule has 0 atom stereocenters. The lowest BCUT2D eigenvalue weighted by molar-refractivity contribution is 0.175. The smallest absolute Gasteiger partial charge is 0.126 e. The molecule has 3 heterocycles. The third-order valence-corrected chi connectivity index (χ3v) is 7.85. The van der Waals surface area contributed by atoms with Gasteiger partial charge in [0.15, 0.2) is 0 Å². The van der Waals surface area contributed by atoms with E-state index in [0.29, 0.717) is 21.6 Å². The van der Waals surface area contributed by atoms with Crippen molar-refractivity contribution in [1.82, 2.24) is 0 Å². The average molecular weight is 356 g/mol. The van der Waals surface area contributed by atoms with Crippen molar-refractivity contribution < 1.29 is 9.47 Å². The van der Waals surface area contributed by atoms with Crippen molar-refractivity contribution in [3.63, 3.8) is 0 Å². The SMILES string of the molecule is COc1ccc(CC2=S3CC(C)(CO2)C3)cc1-c1cccc(N[O-])c1. The van der Waals surface area contributed by atoms with Crippen LogP contribution >= 0.6 is 10.5 Å². The summed E-state index contributed by atoms with van der Waals surface area (Å²) in [5, 5.41) is 12.2. The molecule has 3 aliphatic heterocycles. The van der Waals surface area contributed by atoms with Gasteiger partial charge in [-0.2, -0.15) is 10.5 Å². The van der Waals surface area contributed by atoms with Gasteiger partial charge in [0.05, 0.1) is 18.8 Å². The van der Waals surface area contributed by atoms with Gasteiger partial charge in [-0.15, -0.1) is 0 Å². The number of rotatable bonds is 5. The summed E-state index contributed by atoms with van der Waals surface area (Å²) in [5.74, 6) is 3.37. The Morgan fingerprint density at radius 3 is 2.76 bits per heavy atom. The fraction of sp³-hybridized carbons (Fsp3) is 0.350. The largest absolute Gasteiger partial charge is 0.761 e. The van der Waals surface area contributed by atoms with E-state index in [1.807, 2.05) is 29.7 Å². The molecule has 2 aromatic carbocycles. The van der Waals surface area contributed by atoms with Gasteiger partial charge in [-0.3, -0.25) is 0 Å². The molecule has 0 saturated carbocycles. The molecule has 0 radical (unpaired) electrons. The Morgan fingerprint density at radius 1 is 1.24 bits per heavy atom. The second-order valence-corrected chi connectivity index (χ2v) is 9.17. The summed E-state index contributed by atoms with van der Waals surface area (Å²) in [5.41, 5.74) is 6.10. The fourth-order valence-electron chi connectivity index (χ4n) is 3.54. The van der Waals surface area contributed by atoms with Crippen molar-refractivity contribution in [2.45, 2.75) is 13.3 Å². The Hall–Kier alpha value is -1.82. The maximum absolute atomic E-state index is 11.0. The van der Waals surface area contributed by atoms with Crippen molar-refractivity contribution in [3.8, 4) is 16.9 Å².